The lowest BCUT2D eigenvalue weighted by Gasteiger charge is -2.13. The SMILES string of the molecule is c1ccc(-c2nc3c(ccc4ccccc43)nc2-c2ccc3c(c2)c2cccc4ccc5ccc6c7c8ccccc8ccc7n3c6c5c42)cc1. The number of hydrogen-bond donors (Lipinski definition) is 0. The molecule has 0 amide bonds. The van der Waals surface area contributed by atoms with Crippen LogP contribution in [0.15, 0.2) is 164 Å². The fourth-order valence-corrected chi connectivity index (χ4v) is 8.82. The fraction of sp³-hybridized carbons (Fsp3) is 0. The summed E-state index contributed by atoms with van der Waals surface area (Å²) < 4.78 is 2.52. The van der Waals surface area contributed by atoms with Gasteiger partial charge in [0.15, 0.2) is 0 Å². The second-order valence-electron chi connectivity index (χ2n) is 13.7. The van der Waals surface area contributed by atoms with Gasteiger partial charge < -0.3 is 4.40 Å². The molecule has 0 bridgehead atoms. The Morgan fingerprint density at radius 3 is 1.88 bits per heavy atom. The summed E-state index contributed by atoms with van der Waals surface area (Å²) in [6, 6.07) is 59.4. The van der Waals surface area contributed by atoms with Gasteiger partial charge in [-0.1, -0.05) is 140 Å². The molecule has 12 aromatic rings. The lowest BCUT2D eigenvalue weighted by atomic mass is 9.95. The van der Waals surface area contributed by atoms with E-state index in [0.29, 0.717) is 0 Å². The third-order valence-corrected chi connectivity index (χ3v) is 11.0. The largest absolute Gasteiger partial charge is 0.308 e. The van der Waals surface area contributed by atoms with E-state index in [4.69, 9.17) is 9.97 Å². The molecule has 3 aromatic heterocycles. The van der Waals surface area contributed by atoms with Crippen LogP contribution < -0.4 is 0 Å². The molecule has 0 unspecified atom stereocenters. The normalized spacial score (nSPS) is 12.3. The van der Waals surface area contributed by atoms with E-state index in [2.05, 4.69) is 168 Å². The average molecular weight is 646 g/mol. The van der Waals surface area contributed by atoms with Gasteiger partial charge in [0, 0.05) is 38.1 Å². The van der Waals surface area contributed by atoms with Crippen molar-refractivity contribution in [3.05, 3.63) is 164 Å². The molecular formula is C48H27N3. The minimum absolute atomic E-state index is 0.882. The van der Waals surface area contributed by atoms with Crippen LogP contribution in [0.4, 0.5) is 0 Å². The summed E-state index contributed by atoms with van der Waals surface area (Å²) in [4.78, 5) is 10.8. The summed E-state index contributed by atoms with van der Waals surface area (Å²) in [5.74, 6) is 0. The van der Waals surface area contributed by atoms with Gasteiger partial charge in [-0.2, -0.15) is 0 Å². The second-order valence-corrected chi connectivity index (χ2v) is 13.7. The number of rotatable bonds is 2. The van der Waals surface area contributed by atoms with Crippen molar-refractivity contribution in [3.63, 3.8) is 0 Å². The van der Waals surface area contributed by atoms with Crippen LogP contribution in [0.2, 0.25) is 0 Å². The zero-order chi connectivity index (χ0) is 33.2. The van der Waals surface area contributed by atoms with Gasteiger partial charge in [0.1, 0.15) is 0 Å². The first kappa shape index (κ1) is 27.0. The van der Waals surface area contributed by atoms with E-state index in [0.717, 1.165) is 44.3 Å². The summed E-state index contributed by atoms with van der Waals surface area (Å²) in [5, 5.41) is 14.9. The van der Waals surface area contributed by atoms with Crippen LogP contribution >= 0.6 is 0 Å². The standard InChI is InChI=1S/C48H27N3/c1-2-11-32(12-3-1)45-46(49-39-24-20-29-10-5-7-15-35(29)47(39)50-45)33-22-25-40-38(27-33)36-16-8-13-30-17-18-31-19-23-37-44-34-14-6-4-9-28(34)21-26-41(44)51(40)48(37)43(31)42(30)36/h1-27H. The van der Waals surface area contributed by atoms with E-state index < -0.39 is 0 Å². The molecule has 0 saturated heterocycles. The Balaban J connectivity index is 1.27. The van der Waals surface area contributed by atoms with Crippen molar-refractivity contribution in [2.24, 2.45) is 0 Å². The molecule has 0 spiro atoms. The van der Waals surface area contributed by atoms with Crippen molar-refractivity contribution >= 4 is 92.2 Å². The van der Waals surface area contributed by atoms with E-state index >= 15 is 0 Å². The van der Waals surface area contributed by atoms with Gasteiger partial charge >= 0.3 is 0 Å². The lowest BCUT2D eigenvalue weighted by molar-refractivity contribution is 1.30. The molecule has 0 radical (unpaired) electrons. The van der Waals surface area contributed by atoms with Crippen molar-refractivity contribution in [2.75, 3.05) is 0 Å². The highest BCUT2D eigenvalue weighted by molar-refractivity contribution is 6.34. The Kier molecular flexibility index (Phi) is 5.23. The van der Waals surface area contributed by atoms with Crippen molar-refractivity contribution in [3.8, 4) is 22.5 Å². The van der Waals surface area contributed by atoms with Crippen molar-refractivity contribution in [2.45, 2.75) is 0 Å². The Morgan fingerprint density at radius 2 is 1.00 bits per heavy atom. The number of hydrogen-bond acceptors (Lipinski definition) is 2. The van der Waals surface area contributed by atoms with Gasteiger partial charge in [0.25, 0.3) is 0 Å². The minimum Gasteiger partial charge on any atom is -0.308 e. The molecule has 51 heavy (non-hydrogen) atoms. The van der Waals surface area contributed by atoms with Crippen LogP contribution in [0.1, 0.15) is 0 Å². The first-order valence-electron chi connectivity index (χ1n) is 17.5. The molecule has 234 valence electrons. The minimum atomic E-state index is 0.882. The van der Waals surface area contributed by atoms with E-state index in [1.54, 1.807) is 0 Å². The predicted octanol–water partition coefficient (Wildman–Crippen LogP) is 12.7. The summed E-state index contributed by atoms with van der Waals surface area (Å²) in [7, 11) is 0. The maximum absolute atomic E-state index is 5.41. The Bertz CT molecular complexity index is 3410. The van der Waals surface area contributed by atoms with Gasteiger partial charge in [-0.25, -0.2) is 9.97 Å². The smallest absolute Gasteiger partial charge is 0.0973 e. The number of aromatic nitrogens is 3. The molecule has 12 rings (SSSR count). The molecule has 0 atom stereocenters. The molecule has 9 aromatic carbocycles. The van der Waals surface area contributed by atoms with Crippen LogP contribution in [-0.2, 0) is 0 Å². The summed E-state index contributed by atoms with van der Waals surface area (Å²) >= 11 is 0. The zero-order valence-corrected chi connectivity index (χ0v) is 27.4. The Morgan fingerprint density at radius 1 is 0.353 bits per heavy atom. The van der Waals surface area contributed by atoms with Gasteiger partial charge in [0.05, 0.1) is 39.0 Å². The van der Waals surface area contributed by atoms with Gasteiger partial charge in [-0.3, -0.25) is 0 Å². The average Bonchev–Trinajstić information content (AvgIpc) is 3.48. The number of fused-ring (bicyclic) bond motifs is 11. The van der Waals surface area contributed by atoms with Crippen LogP contribution in [0.5, 0.6) is 0 Å². The van der Waals surface area contributed by atoms with Crippen LogP contribution in [0.3, 0.4) is 0 Å². The molecule has 3 heteroatoms. The maximum atomic E-state index is 5.41. The summed E-state index contributed by atoms with van der Waals surface area (Å²) in [6.45, 7) is 0. The highest BCUT2D eigenvalue weighted by Gasteiger charge is 2.21. The molecule has 0 N–H and O–H groups in total. The Labute approximate surface area is 292 Å². The number of benzene rings is 9. The molecule has 0 aliphatic heterocycles. The lowest BCUT2D eigenvalue weighted by Crippen LogP contribution is -1.96. The van der Waals surface area contributed by atoms with Crippen molar-refractivity contribution < 1.29 is 0 Å². The van der Waals surface area contributed by atoms with Crippen LogP contribution in [0.25, 0.3) is 115 Å². The molecular weight excluding hydrogens is 619 g/mol. The van der Waals surface area contributed by atoms with E-state index in [1.807, 2.05) is 0 Å². The third-order valence-electron chi connectivity index (χ3n) is 11.0. The highest BCUT2D eigenvalue weighted by Crippen LogP contribution is 2.45. The molecule has 0 aliphatic rings. The zero-order valence-electron chi connectivity index (χ0n) is 27.4. The van der Waals surface area contributed by atoms with Crippen molar-refractivity contribution in [1.29, 1.82) is 0 Å². The van der Waals surface area contributed by atoms with Crippen LogP contribution in [-0.4, -0.2) is 14.4 Å². The van der Waals surface area contributed by atoms with E-state index in [-0.39, 0.29) is 0 Å². The topological polar surface area (TPSA) is 30.2 Å². The summed E-state index contributed by atoms with van der Waals surface area (Å²) in [5.41, 5.74) is 9.34. The highest BCUT2D eigenvalue weighted by atomic mass is 14.9. The van der Waals surface area contributed by atoms with E-state index in [9.17, 15) is 0 Å². The van der Waals surface area contributed by atoms with Gasteiger partial charge in [-0.15, -0.1) is 0 Å². The Hall–Kier alpha value is -6.84. The maximum Gasteiger partial charge on any atom is 0.0973 e. The third kappa shape index (κ3) is 3.62. The quantitative estimate of drug-likeness (QED) is 0.175. The first-order valence-corrected chi connectivity index (χ1v) is 17.5. The fourth-order valence-electron chi connectivity index (χ4n) is 8.82. The van der Waals surface area contributed by atoms with Gasteiger partial charge in [-0.05, 0) is 62.0 Å². The monoisotopic (exact) mass is 645 g/mol. The first-order chi connectivity index (χ1) is 25.3. The number of nitrogens with zero attached hydrogens (tertiary/aromatic N) is 3. The molecule has 0 fully saturated rings. The van der Waals surface area contributed by atoms with Crippen LogP contribution in [0, 0.1) is 0 Å². The van der Waals surface area contributed by atoms with E-state index in [1.165, 1.54) is 70.4 Å². The van der Waals surface area contributed by atoms with Crippen molar-refractivity contribution in [1.82, 2.24) is 14.4 Å². The second kappa shape index (κ2) is 9.87. The van der Waals surface area contributed by atoms with Gasteiger partial charge in [0.2, 0.25) is 0 Å². The molecule has 0 aliphatic carbocycles. The molecule has 3 nitrogen and oxygen atoms in total. The molecule has 3 heterocycles. The predicted molar refractivity (Wildman–Crippen MR) is 215 cm³/mol. The summed E-state index contributed by atoms with van der Waals surface area (Å²) in [6.07, 6.45) is 0. The molecule has 0 saturated carbocycles.